The Balaban J connectivity index is 1.85. The molecule has 1 saturated heterocycles. The lowest BCUT2D eigenvalue weighted by atomic mass is 9.93. The SMILES string of the molecule is CSc1ccccc1C(c1ccc(F)c(F)c1C)N1C2COCCN2C(=O)c2c(O)c(=O)ccn21. The lowest BCUT2D eigenvalue weighted by Gasteiger charge is -2.51. The smallest absolute Gasteiger partial charge is 0.278 e. The molecule has 35 heavy (non-hydrogen) atoms. The molecular formula is C25H23F2N3O4S. The molecule has 1 amide bonds. The number of benzene rings is 2. The summed E-state index contributed by atoms with van der Waals surface area (Å²) in [4.78, 5) is 28.1. The number of thioether (sulfide) groups is 1. The van der Waals surface area contributed by atoms with Gasteiger partial charge in [0.1, 0.15) is 6.17 Å². The van der Waals surface area contributed by atoms with Gasteiger partial charge in [-0.05, 0) is 42.0 Å². The molecule has 3 heterocycles. The van der Waals surface area contributed by atoms with E-state index in [-0.39, 0.29) is 24.4 Å². The van der Waals surface area contributed by atoms with E-state index in [0.717, 1.165) is 16.5 Å². The first-order chi connectivity index (χ1) is 16.8. The largest absolute Gasteiger partial charge is 0.502 e. The molecule has 7 nitrogen and oxygen atoms in total. The van der Waals surface area contributed by atoms with Crippen LogP contribution in [-0.4, -0.2) is 52.8 Å². The van der Waals surface area contributed by atoms with Crippen LogP contribution in [0.1, 0.15) is 33.2 Å². The van der Waals surface area contributed by atoms with Crippen LogP contribution in [0.4, 0.5) is 8.78 Å². The average Bonchev–Trinajstić information content (AvgIpc) is 2.88. The number of hydrogen-bond donors (Lipinski definition) is 1. The van der Waals surface area contributed by atoms with Gasteiger partial charge < -0.3 is 14.7 Å². The van der Waals surface area contributed by atoms with E-state index in [1.54, 1.807) is 9.91 Å². The van der Waals surface area contributed by atoms with Gasteiger partial charge in [0.25, 0.3) is 5.91 Å². The van der Waals surface area contributed by atoms with Crippen LogP contribution in [0.25, 0.3) is 0 Å². The number of aromatic nitrogens is 1. The summed E-state index contributed by atoms with van der Waals surface area (Å²) in [6.45, 7) is 2.20. The predicted molar refractivity (Wildman–Crippen MR) is 127 cm³/mol. The highest BCUT2D eigenvalue weighted by Gasteiger charge is 2.45. The van der Waals surface area contributed by atoms with Gasteiger partial charge in [-0.3, -0.25) is 19.3 Å². The molecule has 1 aromatic heterocycles. The van der Waals surface area contributed by atoms with Crippen LogP contribution in [0, 0.1) is 18.6 Å². The molecule has 2 atom stereocenters. The highest BCUT2D eigenvalue weighted by Crippen LogP contribution is 2.40. The van der Waals surface area contributed by atoms with Crippen molar-refractivity contribution < 1.29 is 23.4 Å². The molecule has 2 aliphatic rings. The van der Waals surface area contributed by atoms with E-state index in [9.17, 15) is 23.5 Å². The molecule has 0 saturated carbocycles. The molecule has 0 aliphatic carbocycles. The van der Waals surface area contributed by atoms with Crippen LogP contribution >= 0.6 is 11.8 Å². The topological polar surface area (TPSA) is 75.0 Å². The molecule has 1 fully saturated rings. The van der Waals surface area contributed by atoms with Crippen LogP contribution < -0.4 is 10.4 Å². The second kappa shape index (κ2) is 9.01. The summed E-state index contributed by atoms with van der Waals surface area (Å²) in [5.41, 5.74) is 0.536. The van der Waals surface area contributed by atoms with Crippen LogP contribution in [-0.2, 0) is 4.74 Å². The average molecular weight is 500 g/mol. The minimum absolute atomic E-state index is 0.123. The van der Waals surface area contributed by atoms with Gasteiger partial charge in [-0.15, -0.1) is 11.8 Å². The number of hydrogen-bond acceptors (Lipinski definition) is 6. The van der Waals surface area contributed by atoms with Crippen molar-refractivity contribution >= 4 is 17.7 Å². The van der Waals surface area contributed by atoms with Gasteiger partial charge in [0.2, 0.25) is 5.43 Å². The number of fused-ring (bicyclic) bond motifs is 2. The molecule has 3 aromatic rings. The molecule has 2 aromatic carbocycles. The third kappa shape index (κ3) is 3.68. The van der Waals surface area contributed by atoms with E-state index in [1.807, 2.05) is 30.5 Å². The first-order valence-electron chi connectivity index (χ1n) is 11.0. The van der Waals surface area contributed by atoms with Crippen molar-refractivity contribution in [1.29, 1.82) is 0 Å². The van der Waals surface area contributed by atoms with E-state index in [2.05, 4.69) is 0 Å². The maximum atomic E-state index is 14.8. The summed E-state index contributed by atoms with van der Waals surface area (Å²) in [5, 5.41) is 12.4. The van der Waals surface area contributed by atoms with Crippen LogP contribution in [0.15, 0.2) is 58.4 Å². The number of amides is 1. The fourth-order valence-corrected chi connectivity index (χ4v) is 5.47. The van der Waals surface area contributed by atoms with E-state index < -0.39 is 40.9 Å². The first-order valence-corrected chi connectivity index (χ1v) is 12.3. The Labute approximate surface area is 204 Å². The maximum absolute atomic E-state index is 14.8. The monoisotopic (exact) mass is 499 g/mol. The highest BCUT2D eigenvalue weighted by atomic mass is 32.2. The summed E-state index contributed by atoms with van der Waals surface area (Å²) in [7, 11) is 0. The summed E-state index contributed by atoms with van der Waals surface area (Å²) < 4.78 is 36.1. The van der Waals surface area contributed by atoms with Crippen molar-refractivity contribution in [3.05, 3.63) is 92.9 Å². The summed E-state index contributed by atoms with van der Waals surface area (Å²) in [5.74, 6) is -3.07. The number of halogens is 2. The Morgan fingerprint density at radius 1 is 1.11 bits per heavy atom. The highest BCUT2D eigenvalue weighted by molar-refractivity contribution is 7.98. The molecule has 2 aliphatic heterocycles. The van der Waals surface area contributed by atoms with E-state index in [4.69, 9.17) is 4.74 Å². The maximum Gasteiger partial charge on any atom is 0.278 e. The number of ether oxygens (including phenoxy) is 1. The number of carbonyl (C=O) groups is 1. The van der Waals surface area contributed by atoms with Crippen molar-refractivity contribution in [2.24, 2.45) is 0 Å². The fourth-order valence-electron chi connectivity index (χ4n) is 4.84. The molecule has 1 N–H and O–H groups in total. The van der Waals surface area contributed by atoms with Gasteiger partial charge in [-0.2, -0.15) is 0 Å². The van der Waals surface area contributed by atoms with Crippen molar-refractivity contribution in [3.63, 3.8) is 0 Å². The van der Waals surface area contributed by atoms with Gasteiger partial charge in [0.05, 0.1) is 19.3 Å². The van der Waals surface area contributed by atoms with Gasteiger partial charge in [-0.25, -0.2) is 8.78 Å². The second-order valence-corrected chi connectivity index (χ2v) is 9.22. The van der Waals surface area contributed by atoms with Crippen LogP contribution in [0.2, 0.25) is 0 Å². The van der Waals surface area contributed by atoms with Crippen molar-refractivity contribution in [2.45, 2.75) is 24.0 Å². The zero-order valence-corrected chi connectivity index (χ0v) is 19.9. The zero-order chi connectivity index (χ0) is 24.9. The molecule has 182 valence electrons. The Hall–Kier alpha value is -3.37. The summed E-state index contributed by atoms with van der Waals surface area (Å²) >= 11 is 1.50. The summed E-state index contributed by atoms with van der Waals surface area (Å²) in [6.07, 6.45) is 2.71. The third-order valence-corrected chi connectivity index (χ3v) is 7.36. The van der Waals surface area contributed by atoms with Crippen LogP contribution in [0.3, 0.4) is 0 Å². The first kappa shape index (κ1) is 23.4. The molecule has 0 radical (unpaired) electrons. The lowest BCUT2D eigenvalue weighted by Crippen LogP contribution is -2.66. The van der Waals surface area contributed by atoms with Gasteiger partial charge in [0, 0.05) is 23.7 Å². The molecule has 2 unspecified atom stereocenters. The third-order valence-electron chi connectivity index (χ3n) is 6.55. The molecule has 0 bridgehead atoms. The standard InChI is InChI=1S/C25H23F2N3O4S/c1-14-15(7-8-17(26)21(14)27)22(16-5-3-4-6-19(16)35-2)30-20-13-34-12-11-28(20)25(33)23-24(32)18(31)9-10-29(23)30/h3-10,20,22,32H,11-13H2,1-2H3. The minimum atomic E-state index is -0.957. The van der Waals surface area contributed by atoms with E-state index >= 15 is 0 Å². The lowest BCUT2D eigenvalue weighted by molar-refractivity contribution is -0.0198. The Morgan fingerprint density at radius 3 is 2.66 bits per heavy atom. The minimum Gasteiger partial charge on any atom is -0.502 e. The predicted octanol–water partition coefficient (Wildman–Crippen LogP) is 3.40. The van der Waals surface area contributed by atoms with Crippen molar-refractivity contribution in [3.8, 4) is 5.75 Å². The summed E-state index contributed by atoms with van der Waals surface area (Å²) in [6, 6.07) is 10.6. The number of morpholine rings is 1. The van der Waals surface area contributed by atoms with Gasteiger partial charge in [0.15, 0.2) is 23.1 Å². The zero-order valence-electron chi connectivity index (χ0n) is 19.1. The van der Waals surface area contributed by atoms with Gasteiger partial charge in [-0.1, -0.05) is 24.3 Å². The van der Waals surface area contributed by atoms with Crippen LogP contribution in [0.5, 0.6) is 5.75 Å². The number of carbonyl (C=O) groups excluding carboxylic acids is 1. The molecule has 5 rings (SSSR count). The molecule has 10 heteroatoms. The molecular weight excluding hydrogens is 476 g/mol. The number of pyridine rings is 1. The Bertz CT molecular complexity index is 1380. The van der Waals surface area contributed by atoms with E-state index in [0.29, 0.717) is 12.2 Å². The Morgan fingerprint density at radius 2 is 1.89 bits per heavy atom. The Kier molecular flexibility index (Phi) is 6.02. The van der Waals surface area contributed by atoms with Crippen molar-refractivity contribution in [2.75, 3.05) is 31.0 Å². The van der Waals surface area contributed by atoms with E-state index in [1.165, 1.54) is 41.7 Å². The molecule has 0 spiro atoms. The van der Waals surface area contributed by atoms with Gasteiger partial charge >= 0.3 is 0 Å². The van der Waals surface area contributed by atoms with Crippen molar-refractivity contribution in [1.82, 2.24) is 9.58 Å². The number of nitrogens with zero attached hydrogens (tertiary/aromatic N) is 3. The second-order valence-electron chi connectivity index (χ2n) is 8.38. The quantitative estimate of drug-likeness (QED) is 0.555. The number of rotatable bonds is 4. The fraction of sp³-hybridized carbons (Fsp3) is 0.280. The normalized spacial score (nSPS) is 18.3. The number of aromatic hydroxyl groups is 1.